The maximum Gasteiger partial charge on any atom is 0.148 e. The highest BCUT2D eigenvalue weighted by Gasteiger charge is 2.31. The molecule has 1 aliphatic heterocycles. The van der Waals surface area contributed by atoms with E-state index in [1.165, 1.54) is 6.26 Å². The molecule has 1 aliphatic rings. The van der Waals surface area contributed by atoms with Gasteiger partial charge in [-0.1, -0.05) is 12.1 Å². The summed E-state index contributed by atoms with van der Waals surface area (Å²) < 4.78 is 27.7. The third kappa shape index (κ3) is 3.94. The third-order valence-corrected chi connectivity index (χ3v) is 4.67. The van der Waals surface area contributed by atoms with Crippen molar-refractivity contribution in [3.8, 4) is 5.75 Å². The predicted octanol–water partition coefficient (Wildman–Crippen LogP) is 0.466. The molecule has 0 bridgehead atoms. The lowest BCUT2D eigenvalue weighted by Gasteiger charge is -2.16. The van der Waals surface area contributed by atoms with E-state index in [4.69, 9.17) is 10.5 Å². The van der Waals surface area contributed by atoms with Crippen LogP contribution < -0.4 is 10.5 Å². The van der Waals surface area contributed by atoms with Crippen molar-refractivity contribution in [3.63, 3.8) is 0 Å². The normalized spacial score (nSPS) is 23.9. The average molecular weight is 298 g/mol. The maximum absolute atomic E-state index is 11.2. The Morgan fingerprint density at radius 2 is 2.15 bits per heavy atom. The van der Waals surface area contributed by atoms with Crippen LogP contribution in [0.2, 0.25) is 0 Å². The van der Waals surface area contributed by atoms with Crippen LogP contribution in [0.4, 0.5) is 0 Å². The van der Waals surface area contributed by atoms with E-state index in [1.54, 1.807) is 7.11 Å². The first kappa shape index (κ1) is 15.3. The van der Waals surface area contributed by atoms with Gasteiger partial charge >= 0.3 is 0 Å². The molecule has 1 aromatic carbocycles. The SMILES string of the molecule is COc1cccc([C@H]2CN(CCS(C)(=O)=O)C[C@@H]2N)c1. The largest absolute Gasteiger partial charge is 0.497 e. The summed E-state index contributed by atoms with van der Waals surface area (Å²) in [5.41, 5.74) is 7.35. The molecule has 2 N–H and O–H groups in total. The maximum atomic E-state index is 11.2. The first-order chi connectivity index (χ1) is 9.39. The van der Waals surface area contributed by atoms with Gasteiger partial charge in [0.2, 0.25) is 0 Å². The lowest BCUT2D eigenvalue weighted by Crippen LogP contribution is -2.30. The Labute approximate surface area is 120 Å². The van der Waals surface area contributed by atoms with Crippen molar-refractivity contribution in [1.29, 1.82) is 0 Å². The number of likely N-dealkylation sites (tertiary alicyclic amines) is 1. The van der Waals surface area contributed by atoms with Crippen LogP contribution in [0.3, 0.4) is 0 Å². The van der Waals surface area contributed by atoms with Gasteiger partial charge in [0, 0.05) is 37.8 Å². The molecule has 2 atom stereocenters. The summed E-state index contributed by atoms with van der Waals surface area (Å²) in [6, 6.07) is 7.95. The smallest absolute Gasteiger partial charge is 0.148 e. The van der Waals surface area contributed by atoms with Crippen LogP contribution in [0, 0.1) is 0 Å². The highest BCUT2D eigenvalue weighted by Crippen LogP contribution is 2.28. The number of hydrogen-bond acceptors (Lipinski definition) is 5. The summed E-state index contributed by atoms with van der Waals surface area (Å²) in [6.45, 7) is 2.08. The topological polar surface area (TPSA) is 72.6 Å². The van der Waals surface area contributed by atoms with Gasteiger partial charge in [-0.05, 0) is 17.7 Å². The molecule has 0 unspecified atom stereocenters. The molecule has 2 rings (SSSR count). The van der Waals surface area contributed by atoms with Crippen molar-refractivity contribution in [2.75, 3.05) is 38.8 Å². The number of rotatable bonds is 5. The molecular weight excluding hydrogens is 276 g/mol. The van der Waals surface area contributed by atoms with E-state index in [9.17, 15) is 8.42 Å². The summed E-state index contributed by atoms with van der Waals surface area (Å²) in [4.78, 5) is 2.12. The molecule has 1 heterocycles. The molecule has 0 radical (unpaired) electrons. The zero-order valence-corrected chi connectivity index (χ0v) is 12.8. The minimum Gasteiger partial charge on any atom is -0.497 e. The van der Waals surface area contributed by atoms with Gasteiger partial charge in [0.15, 0.2) is 0 Å². The Kier molecular flexibility index (Phi) is 4.67. The summed E-state index contributed by atoms with van der Waals surface area (Å²) in [7, 11) is -1.28. The third-order valence-electron chi connectivity index (χ3n) is 3.74. The molecule has 20 heavy (non-hydrogen) atoms. The van der Waals surface area contributed by atoms with Crippen molar-refractivity contribution in [1.82, 2.24) is 4.90 Å². The standard InChI is InChI=1S/C14H22N2O3S/c1-19-12-5-3-4-11(8-12)13-9-16(10-14(13)15)6-7-20(2,17)18/h3-5,8,13-14H,6-7,9-10,15H2,1-2H3/t13-,14+/m1/s1. The molecule has 1 fully saturated rings. The minimum atomic E-state index is -2.92. The quantitative estimate of drug-likeness (QED) is 0.855. The van der Waals surface area contributed by atoms with E-state index in [0.29, 0.717) is 6.54 Å². The lowest BCUT2D eigenvalue weighted by atomic mass is 9.95. The highest BCUT2D eigenvalue weighted by molar-refractivity contribution is 7.90. The fourth-order valence-electron chi connectivity index (χ4n) is 2.62. The van der Waals surface area contributed by atoms with Gasteiger partial charge in [-0.2, -0.15) is 0 Å². The van der Waals surface area contributed by atoms with Crippen molar-refractivity contribution >= 4 is 9.84 Å². The first-order valence-electron chi connectivity index (χ1n) is 6.68. The van der Waals surface area contributed by atoms with Gasteiger partial charge in [0.1, 0.15) is 15.6 Å². The van der Waals surface area contributed by atoms with E-state index < -0.39 is 9.84 Å². The van der Waals surface area contributed by atoms with Gasteiger partial charge in [0.05, 0.1) is 12.9 Å². The van der Waals surface area contributed by atoms with Crippen molar-refractivity contribution in [3.05, 3.63) is 29.8 Å². The van der Waals surface area contributed by atoms with Crippen LogP contribution in [0.15, 0.2) is 24.3 Å². The number of nitrogens with two attached hydrogens (primary N) is 1. The van der Waals surface area contributed by atoms with Gasteiger partial charge in [-0.3, -0.25) is 0 Å². The molecule has 0 spiro atoms. The monoisotopic (exact) mass is 298 g/mol. The molecule has 112 valence electrons. The fourth-order valence-corrected chi connectivity index (χ4v) is 3.21. The zero-order chi connectivity index (χ0) is 14.8. The number of nitrogens with zero attached hydrogens (tertiary/aromatic N) is 1. The Balaban J connectivity index is 2.03. The van der Waals surface area contributed by atoms with Gasteiger partial charge in [-0.25, -0.2) is 8.42 Å². The van der Waals surface area contributed by atoms with E-state index >= 15 is 0 Å². The second-order valence-corrected chi connectivity index (χ2v) is 7.70. The Bertz CT molecular complexity index is 559. The van der Waals surface area contributed by atoms with Crippen LogP contribution in [0.1, 0.15) is 11.5 Å². The van der Waals surface area contributed by atoms with E-state index in [2.05, 4.69) is 4.90 Å². The summed E-state index contributed by atoms with van der Waals surface area (Å²) in [6.07, 6.45) is 1.27. The number of hydrogen-bond donors (Lipinski definition) is 1. The van der Waals surface area contributed by atoms with Gasteiger partial charge in [-0.15, -0.1) is 0 Å². The van der Waals surface area contributed by atoms with Crippen molar-refractivity contribution in [2.45, 2.75) is 12.0 Å². The summed E-state index contributed by atoms with van der Waals surface area (Å²) in [5.74, 6) is 1.24. The second-order valence-electron chi connectivity index (χ2n) is 5.44. The summed E-state index contributed by atoms with van der Waals surface area (Å²) in [5, 5.41) is 0. The number of ether oxygens (including phenoxy) is 1. The van der Waals surface area contributed by atoms with Crippen LogP contribution >= 0.6 is 0 Å². The van der Waals surface area contributed by atoms with Gasteiger partial charge in [0.25, 0.3) is 0 Å². The number of methoxy groups -OCH3 is 1. The lowest BCUT2D eigenvalue weighted by molar-refractivity contribution is 0.351. The molecule has 0 saturated carbocycles. The van der Waals surface area contributed by atoms with Crippen LogP contribution in [0.25, 0.3) is 0 Å². The van der Waals surface area contributed by atoms with Crippen molar-refractivity contribution < 1.29 is 13.2 Å². The summed E-state index contributed by atoms with van der Waals surface area (Å²) >= 11 is 0. The molecule has 6 heteroatoms. The minimum absolute atomic E-state index is 0.0293. The van der Waals surface area contributed by atoms with E-state index in [1.807, 2.05) is 24.3 Å². The van der Waals surface area contributed by atoms with E-state index in [-0.39, 0.29) is 17.7 Å². The molecule has 1 saturated heterocycles. The van der Waals surface area contributed by atoms with Crippen LogP contribution in [-0.2, 0) is 9.84 Å². The number of sulfone groups is 1. The second kappa shape index (κ2) is 6.11. The molecule has 1 aromatic rings. The van der Waals surface area contributed by atoms with Crippen LogP contribution in [0.5, 0.6) is 5.75 Å². The molecule has 0 amide bonds. The fraction of sp³-hybridized carbons (Fsp3) is 0.571. The first-order valence-corrected chi connectivity index (χ1v) is 8.75. The molecular formula is C14H22N2O3S. The predicted molar refractivity (Wildman–Crippen MR) is 79.9 cm³/mol. The Morgan fingerprint density at radius 1 is 1.40 bits per heavy atom. The highest BCUT2D eigenvalue weighted by atomic mass is 32.2. The molecule has 0 aliphatic carbocycles. The van der Waals surface area contributed by atoms with E-state index in [0.717, 1.165) is 24.4 Å². The Morgan fingerprint density at radius 3 is 2.80 bits per heavy atom. The van der Waals surface area contributed by atoms with Crippen molar-refractivity contribution in [2.24, 2.45) is 5.73 Å². The molecule has 5 nitrogen and oxygen atoms in total. The van der Waals surface area contributed by atoms with Gasteiger partial charge < -0.3 is 15.4 Å². The zero-order valence-electron chi connectivity index (χ0n) is 12.0. The average Bonchev–Trinajstić information content (AvgIpc) is 2.77. The Hall–Kier alpha value is -1.11. The van der Waals surface area contributed by atoms with Crippen LogP contribution in [-0.4, -0.2) is 58.1 Å². The number of benzene rings is 1. The molecule has 0 aromatic heterocycles.